The van der Waals surface area contributed by atoms with Crippen LogP contribution >= 0.6 is 11.3 Å². The van der Waals surface area contributed by atoms with Crippen LogP contribution in [0.3, 0.4) is 0 Å². The number of nitrogens with one attached hydrogen (secondary N) is 1. The lowest BCUT2D eigenvalue weighted by Crippen LogP contribution is -2.21. The zero-order chi connectivity index (χ0) is 16.5. The van der Waals surface area contributed by atoms with Crippen molar-refractivity contribution < 1.29 is 19.8 Å². The summed E-state index contributed by atoms with van der Waals surface area (Å²) in [5.74, 6) is -2.60. The Bertz CT molecular complexity index is 626. The van der Waals surface area contributed by atoms with Gasteiger partial charge < -0.3 is 15.9 Å². The Hall–Kier alpha value is -2.29. The van der Waals surface area contributed by atoms with Crippen molar-refractivity contribution in [1.82, 2.24) is 4.98 Å². The SMILES string of the molecule is Cc1sc(NC(=O)C(=O)O)nc1-c1ccccc1.NCCO. The van der Waals surface area contributed by atoms with Gasteiger partial charge >= 0.3 is 11.9 Å². The number of anilines is 1. The zero-order valence-corrected chi connectivity index (χ0v) is 12.8. The van der Waals surface area contributed by atoms with Crippen LogP contribution in [0.1, 0.15) is 4.88 Å². The smallest absolute Gasteiger partial charge is 0.394 e. The van der Waals surface area contributed by atoms with E-state index in [0.717, 1.165) is 16.1 Å². The molecule has 0 saturated heterocycles. The average Bonchev–Trinajstić information content (AvgIpc) is 2.88. The summed E-state index contributed by atoms with van der Waals surface area (Å²) >= 11 is 1.25. The van der Waals surface area contributed by atoms with E-state index in [1.54, 1.807) is 0 Å². The van der Waals surface area contributed by atoms with Crippen LogP contribution in [0, 0.1) is 6.92 Å². The van der Waals surface area contributed by atoms with Crippen LogP contribution in [-0.2, 0) is 9.59 Å². The van der Waals surface area contributed by atoms with E-state index < -0.39 is 11.9 Å². The Morgan fingerprint density at radius 3 is 2.41 bits per heavy atom. The molecule has 1 aromatic carbocycles. The van der Waals surface area contributed by atoms with Gasteiger partial charge in [-0.1, -0.05) is 30.3 Å². The maximum absolute atomic E-state index is 11.0. The Labute approximate surface area is 131 Å². The number of carbonyl (C=O) groups is 2. The highest BCUT2D eigenvalue weighted by molar-refractivity contribution is 7.16. The lowest BCUT2D eigenvalue weighted by atomic mass is 10.1. The number of amides is 1. The third-order valence-corrected chi connectivity index (χ3v) is 3.27. The molecule has 0 aliphatic rings. The minimum Gasteiger partial charge on any atom is -0.474 e. The molecule has 0 fully saturated rings. The normalized spacial score (nSPS) is 9.59. The van der Waals surface area contributed by atoms with Crippen molar-refractivity contribution in [2.75, 3.05) is 18.5 Å². The molecule has 0 aliphatic heterocycles. The second-order valence-electron chi connectivity index (χ2n) is 4.06. The van der Waals surface area contributed by atoms with Gasteiger partial charge in [0, 0.05) is 17.0 Å². The minimum absolute atomic E-state index is 0.0972. The molecule has 1 aromatic heterocycles. The second kappa shape index (κ2) is 8.88. The fraction of sp³-hybridized carbons (Fsp3) is 0.214. The topological polar surface area (TPSA) is 126 Å². The first kappa shape index (κ1) is 17.8. The number of aliphatic hydroxyl groups excluding tert-OH is 1. The van der Waals surface area contributed by atoms with Crippen LogP contribution in [0.25, 0.3) is 11.3 Å². The summed E-state index contributed by atoms with van der Waals surface area (Å²) in [5, 5.41) is 18.8. The van der Waals surface area contributed by atoms with E-state index in [1.165, 1.54) is 11.3 Å². The number of nitrogens with zero attached hydrogens (tertiary/aromatic N) is 1. The Kier molecular flexibility index (Phi) is 7.17. The molecule has 1 heterocycles. The number of hydrogen-bond acceptors (Lipinski definition) is 6. The van der Waals surface area contributed by atoms with Crippen LogP contribution in [0.5, 0.6) is 0 Å². The van der Waals surface area contributed by atoms with Crippen molar-refractivity contribution in [3.05, 3.63) is 35.2 Å². The molecule has 0 atom stereocenters. The number of aryl methyl sites for hydroxylation is 1. The molecule has 0 bridgehead atoms. The number of carbonyl (C=O) groups excluding carboxylic acids is 1. The first-order valence-corrected chi connectivity index (χ1v) is 7.19. The van der Waals surface area contributed by atoms with Crippen LogP contribution in [0.4, 0.5) is 5.13 Å². The van der Waals surface area contributed by atoms with Crippen molar-refractivity contribution in [3.8, 4) is 11.3 Å². The van der Waals surface area contributed by atoms with Gasteiger partial charge in [-0.2, -0.15) is 0 Å². The van der Waals surface area contributed by atoms with Crippen molar-refractivity contribution >= 4 is 28.3 Å². The van der Waals surface area contributed by atoms with Gasteiger partial charge in [-0.25, -0.2) is 9.78 Å². The first-order chi connectivity index (χ1) is 10.5. The van der Waals surface area contributed by atoms with Gasteiger partial charge in [-0.15, -0.1) is 11.3 Å². The largest absolute Gasteiger partial charge is 0.474 e. The lowest BCUT2D eigenvalue weighted by Gasteiger charge is -1.97. The Morgan fingerprint density at radius 1 is 1.32 bits per heavy atom. The monoisotopic (exact) mass is 323 g/mol. The first-order valence-electron chi connectivity index (χ1n) is 6.37. The number of aliphatic hydroxyl groups is 1. The maximum Gasteiger partial charge on any atom is 0.394 e. The Balaban J connectivity index is 0.000000541. The number of aliphatic carboxylic acids is 1. The number of carboxylic acids is 1. The zero-order valence-electron chi connectivity index (χ0n) is 11.9. The standard InChI is InChI=1S/C12H10N2O3S.C2H7NO/c1-7-9(8-5-3-2-4-6-8)13-12(18-7)14-10(15)11(16)17;3-1-2-4/h2-6H,1H3,(H,16,17)(H,13,14,15);4H,1-3H2. The molecule has 0 aliphatic carbocycles. The Morgan fingerprint density at radius 2 is 1.91 bits per heavy atom. The predicted molar refractivity (Wildman–Crippen MR) is 84.7 cm³/mol. The van der Waals surface area contributed by atoms with Crippen molar-refractivity contribution in [3.63, 3.8) is 0 Å². The van der Waals surface area contributed by atoms with E-state index >= 15 is 0 Å². The van der Waals surface area contributed by atoms with E-state index in [0.29, 0.717) is 11.7 Å². The van der Waals surface area contributed by atoms with E-state index in [2.05, 4.69) is 10.3 Å². The number of hydrogen-bond donors (Lipinski definition) is 4. The molecule has 8 heteroatoms. The van der Waals surface area contributed by atoms with Gasteiger partial charge in [0.15, 0.2) is 5.13 Å². The third kappa shape index (κ3) is 5.24. The molecule has 0 spiro atoms. The molecule has 22 heavy (non-hydrogen) atoms. The molecule has 1 amide bonds. The van der Waals surface area contributed by atoms with E-state index in [4.69, 9.17) is 15.9 Å². The highest BCUT2D eigenvalue weighted by atomic mass is 32.1. The number of benzene rings is 1. The highest BCUT2D eigenvalue weighted by Gasteiger charge is 2.15. The van der Waals surface area contributed by atoms with Crippen LogP contribution in [0.2, 0.25) is 0 Å². The fourth-order valence-corrected chi connectivity index (χ4v) is 2.30. The summed E-state index contributed by atoms with van der Waals surface area (Å²) in [7, 11) is 0. The lowest BCUT2D eigenvalue weighted by molar-refractivity contribution is -0.147. The van der Waals surface area contributed by atoms with Crippen LogP contribution < -0.4 is 11.1 Å². The van der Waals surface area contributed by atoms with Crippen molar-refractivity contribution in [2.24, 2.45) is 5.73 Å². The number of carboxylic acid groups (broad SMARTS) is 1. The molecule has 5 N–H and O–H groups in total. The predicted octanol–water partition coefficient (Wildman–Crippen LogP) is 1.08. The summed E-state index contributed by atoms with van der Waals surface area (Å²) in [5.41, 5.74) is 6.46. The highest BCUT2D eigenvalue weighted by Crippen LogP contribution is 2.29. The average molecular weight is 323 g/mol. The summed E-state index contributed by atoms with van der Waals surface area (Å²) in [4.78, 5) is 26.6. The summed E-state index contributed by atoms with van der Waals surface area (Å²) < 4.78 is 0. The van der Waals surface area contributed by atoms with Gasteiger partial charge in [0.2, 0.25) is 0 Å². The van der Waals surface area contributed by atoms with Crippen molar-refractivity contribution in [1.29, 1.82) is 0 Å². The van der Waals surface area contributed by atoms with Crippen LogP contribution in [-0.4, -0.2) is 40.2 Å². The number of rotatable bonds is 3. The van der Waals surface area contributed by atoms with E-state index in [9.17, 15) is 9.59 Å². The molecule has 2 rings (SSSR count). The van der Waals surface area contributed by atoms with E-state index in [1.807, 2.05) is 37.3 Å². The molecular formula is C14H17N3O4S. The third-order valence-electron chi connectivity index (χ3n) is 2.39. The molecule has 7 nitrogen and oxygen atoms in total. The van der Waals surface area contributed by atoms with Gasteiger partial charge in [0.1, 0.15) is 0 Å². The summed E-state index contributed by atoms with van der Waals surface area (Å²) in [6, 6.07) is 9.50. The molecule has 0 radical (unpaired) electrons. The summed E-state index contributed by atoms with van der Waals surface area (Å²) in [6.45, 7) is 2.34. The molecule has 0 unspecified atom stereocenters. The molecule has 0 saturated carbocycles. The fourth-order valence-electron chi connectivity index (χ4n) is 1.46. The van der Waals surface area contributed by atoms with Crippen molar-refractivity contribution in [2.45, 2.75) is 6.92 Å². The number of thiazole rings is 1. The maximum atomic E-state index is 11.0. The quantitative estimate of drug-likeness (QED) is 0.626. The number of aromatic nitrogens is 1. The number of nitrogens with two attached hydrogens (primary N) is 1. The summed E-state index contributed by atoms with van der Waals surface area (Å²) in [6.07, 6.45) is 0. The molecular weight excluding hydrogens is 306 g/mol. The van der Waals surface area contributed by atoms with E-state index in [-0.39, 0.29) is 6.61 Å². The van der Waals surface area contributed by atoms with Gasteiger partial charge in [-0.3, -0.25) is 10.1 Å². The van der Waals surface area contributed by atoms with Crippen LogP contribution in [0.15, 0.2) is 30.3 Å². The molecule has 2 aromatic rings. The second-order valence-corrected chi connectivity index (χ2v) is 5.26. The van der Waals surface area contributed by atoms with Gasteiger partial charge in [-0.05, 0) is 6.92 Å². The minimum atomic E-state index is -1.52. The van der Waals surface area contributed by atoms with Gasteiger partial charge in [0.05, 0.1) is 12.3 Å². The van der Waals surface area contributed by atoms with Gasteiger partial charge in [0.25, 0.3) is 0 Å². The molecule has 118 valence electrons.